The van der Waals surface area contributed by atoms with Crippen molar-refractivity contribution in [2.75, 3.05) is 40.9 Å². The van der Waals surface area contributed by atoms with Crippen LogP contribution < -0.4 is 10.2 Å². The molecule has 0 aliphatic rings. The van der Waals surface area contributed by atoms with Gasteiger partial charge in [-0.05, 0) is 51.4 Å². The summed E-state index contributed by atoms with van der Waals surface area (Å²) in [7, 11) is 1.28. The van der Waals surface area contributed by atoms with Crippen LogP contribution in [0.1, 0.15) is 341 Å². The van der Waals surface area contributed by atoms with E-state index in [9.17, 15) is 19.4 Å². The molecule has 0 heterocycles. The first-order chi connectivity index (χ1) is 37.5. The van der Waals surface area contributed by atoms with Crippen molar-refractivity contribution in [3.63, 3.8) is 0 Å². The topological polar surface area (TPSA) is 108 Å². The summed E-state index contributed by atoms with van der Waals surface area (Å²) in [6.45, 7) is 4.69. The number of hydrogen-bond acceptors (Lipinski definition) is 6. The van der Waals surface area contributed by atoms with E-state index in [1.165, 1.54) is 276 Å². The largest absolute Gasteiger partial charge is 0.756 e. The van der Waals surface area contributed by atoms with Crippen molar-refractivity contribution < 1.29 is 32.9 Å². The molecular formula is C68H133N2O6P. The number of carbonyl (C=O) groups excluding carboxylic acids is 1. The highest BCUT2D eigenvalue weighted by atomic mass is 31.2. The van der Waals surface area contributed by atoms with Gasteiger partial charge in [-0.2, -0.15) is 0 Å². The maximum atomic E-state index is 13.0. The third-order valence-corrected chi connectivity index (χ3v) is 16.6. The molecule has 0 aromatic carbocycles. The molecule has 3 unspecified atom stereocenters. The molecule has 0 aliphatic heterocycles. The zero-order valence-corrected chi connectivity index (χ0v) is 53.1. The third-order valence-electron chi connectivity index (χ3n) is 15.6. The van der Waals surface area contributed by atoms with Gasteiger partial charge in [-0.1, -0.05) is 320 Å². The van der Waals surface area contributed by atoms with Gasteiger partial charge in [0.05, 0.1) is 39.9 Å². The predicted molar refractivity (Wildman–Crippen MR) is 335 cm³/mol. The van der Waals surface area contributed by atoms with Gasteiger partial charge in [0, 0.05) is 6.42 Å². The lowest BCUT2D eigenvalue weighted by Crippen LogP contribution is -2.45. The second-order valence-corrected chi connectivity index (χ2v) is 25.9. The molecule has 1 amide bonds. The highest BCUT2D eigenvalue weighted by Gasteiger charge is 2.23. The van der Waals surface area contributed by atoms with Gasteiger partial charge in [0.1, 0.15) is 13.2 Å². The smallest absolute Gasteiger partial charge is 0.268 e. The number of quaternary nitrogens is 1. The minimum absolute atomic E-state index is 0.00101. The van der Waals surface area contributed by atoms with Crippen molar-refractivity contribution in [2.24, 2.45) is 0 Å². The molecule has 0 spiro atoms. The number of aliphatic hydroxyl groups excluding tert-OH is 1. The number of rotatable bonds is 63. The molecule has 9 heteroatoms. The van der Waals surface area contributed by atoms with Crippen LogP contribution in [0.25, 0.3) is 0 Å². The number of amides is 1. The summed E-state index contributed by atoms with van der Waals surface area (Å²) >= 11 is 0. The Hall–Kier alpha value is -1.28. The fraction of sp³-hybridized carbons (Fsp3) is 0.897. The van der Waals surface area contributed by atoms with E-state index in [-0.39, 0.29) is 19.1 Å². The minimum atomic E-state index is -4.60. The van der Waals surface area contributed by atoms with Crippen LogP contribution in [0, 0.1) is 0 Å². The standard InChI is InChI=1S/C68H133N2O6P/c1-6-8-10-12-14-16-18-20-22-24-26-28-30-32-33-34-35-36-37-38-40-42-44-46-48-50-52-54-56-58-60-62-68(72)69-66(65-76-77(73,74)75-64-63-70(3,4)5)67(71)61-59-57-55-53-51-49-47-45-43-41-39-31-29-27-25-23-21-19-17-15-13-11-9-7-2/h18,20,24,26,59,61,66-67,71H,6-17,19,21-23,25,27-58,60,62-65H2,1-5H3,(H-,69,72,73,74)/b20-18-,26-24-,61-59+. The van der Waals surface area contributed by atoms with Gasteiger partial charge < -0.3 is 28.8 Å². The Kier molecular flexibility index (Phi) is 58.4. The number of carbonyl (C=O) groups is 1. The average molecular weight is 1110 g/mol. The van der Waals surface area contributed by atoms with Crippen LogP contribution in [-0.2, 0) is 18.4 Å². The van der Waals surface area contributed by atoms with Crippen LogP contribution in [0.15, 0.2) is 36.5 Å². The lowest BCUT2D eigenvalue weighted by atomic mass is 10.0. The first-order valence-electron chi connectivity index (χ1n) is 33.9. The van der Waals surface area contributed by atoms with Crippen LogP contribution in [-0.4, -0.2) is 68.5 Å². The Morgan fingerprint density at radius 2 is 0.753 bits per heavy atom. The van der Waals surface area contributed by atoms with Crippen LogP contribution in [0.2, 0.25) is 0 Å². The molecular weight excluding hydrogens is 972 g/mol. The fourth-order valence-corrected chi connectivity index (χ4v) is 11.0. The number of nitrogens with zero attached hydrogens (tertiary/aromatic N) is 1. The van der Waals surface area contributed by atoms with E-state index in [4.69, 9.17) is 9.05 Å². The summed E-state index contributed by atoms with van der Waals surface area (Å²) in [6, 6.07) is -0.886. The number of aliphatic hydroxyl groups is 1. The van der Waals surface area contributed by atoms with Gasteiger partial charge >= 0.3 is 0 Å². The Morgan fingerprint density at radius 1 is 0.455 bits per heavy atom. The molecule has 0 saturated heterocycles. The molecule has 0 fully saturated rings. The zero-order chi connectivity index (χ0) is 56.3. The molecule has 0 radical (unpaired) electrons. The SMILES string of the molecule is CCCCCCC/C=C\C/C=C\CCCCCCCCCCCCCCCCCCCCCC(=O)NC(COP(=O)([O-])OCC[N+](C)(C)C)C(O)/C=C/CCCCCCCCCCCCCCCCCCCCCCCC. The number of likely N-dealkylation sites (N-methyl/N-ethyl adjacent to an activating group) is 1. The molecule has 0 aromatic heterocycles. The van der Waals surface area contributed by atoms with Gasteiger partial charge in [0.2, 0.25) is 5.91 Å². The maximum Gasteiger partial charge on any atom is 0.268 e. The number of phosphoric ester groups is 1. The van der Waals surface area contributed by atoms with Crippen molar-refractivity contribution in [1.29, 1.82) is 0 Å². The summed E-state index contributed by atoms with van der Waals surface area (Å²) in [5.74, 6) is -0.191. The number of hydrogen-bond donors (Lipinski definition) is 2. The van der Waals surface area contributed by atoms with Gasteiger partial charge in [0.25, 0.3) is 7.82 Å². The molecule has 0 rings (SSSR count). The van der Waals surface area contributed by atoms with E-state index in [1.54, 1.807) is 6.08 Å². The summed E-state index contributed by atoms with van der Waals surface area (Å²) in [6.07, 6.45) is 78.2. The van der Waals surface area contributed by atoms with Gasteiger partial charge in [-0.3, -0.25) is 9.36 Å². The zero-order valence-electron chi connectivity index (χ0n) is 52.2. The van der Waals surface area contributed by atoms with Crippen LogP contribution in [0.4, 0.5) is 0 Å². The summed E-state index contributed by atoms with van der Waals surface area (Å²) < 4.78 is 23.4. The summed E-state index contributed by atoms with van der Waals surface area (Å²) in [5, 5.41) is 14.0. The molecule has 0 aromatic rings. The van der Waals surface area contributed by atoms with Crippen LogP contribution in [0.5, 0.6) is 0 Å². The van der Waals surface area contributed by atoms with Gasteiger partial charge in [0.15, 0.2) is 0 Å². The van der Waals surface area contributed by atoms with Crippen LogP contribution in [0.3, 0.4) is 0 Å². The van der Waals surface area contributed by atoms with E-state index in [0.717, 1.165) is 44.9 Å². The Morgan fingerprint density at radius 3 is 1.08 bits per heavy atom. The molecule has 456 valence electrons. The molecule has 0 aliphatic carbocycles. The highest BCUT2D eigenvalue weighted by Crippen LogP contribution is 2.38. The van der Waals surface area contributed by atoms with E-state index < -0.39 is 20.0 Å². The van der Waals surface area contributed by atoms with Crippen molar-refractivity contribution in [1.82, 2.24) is 5.32 Å². The normalized spacial score (nSPS) is 13.9. The lowest BCUT2D eigenvalue weighted by molar-refractivity contribution is -0.870. The number of allylic oxidation sites excluding steroid dienone is 5. The summed E-state index contributed by atoms with van der Waals surface area (Å²) in [4.78, 5) is 25.6. The second kappa shape index (κ2) is 59.3. The van der Waals surface area contributed by atoms with Gasteiger partial charge in [-0.25, -0.2) is 0 Å². The monoisotopic (exact) mass is 1100 g/mol. The quantitative estimate of drug-likeness (QED) is 0.0272. The molecule has 8 nitrogen and oxygen atoms in total. The number of nitrogens with one attached hydrogen (secondary N) is 1. The predicted octanol–water partition coefficient (Wildman–Crippen LogP) is 20.6. The van der Waals surface area contributed by atoms with E-state index in [2.05, 4.69) is 43.5 Å². The first-order valence-corrected chi connectivity index (χ1v) is 35.3. The fourth-order valence-electron chi connectivity index (χ4n) is 10.3. The van der Waals surface area contributed by atoms with Crippen molar-refractivity contribution in [3.05, 3.63) is 36.5 Å². The van der Waals surface area contributed by atoms with Crippen molar-refractivity contribution >= 4 is 13.7 Å². The molecule has 0 bridgehead atoms. The maximum absolute atomic E-state index is 13.0. The van der Waals surface area contributed by atoms with Gasteiger partial charge in [-0.15, -0.1) is 0 Å². The van der Waals surface area contributed by atoms with E-state index >= 15 is 0 Å². The second-order valence-electron chi connectivity index (χ2n) is 24.5. The summed E-state index contributed by atoms with van der Waals surface area (Å²) in [5.41, 5.74) is 0. The number of unbranched alkanes of at least 4 members (excludes halogenated alkanes) is 46. The molecule has 77 heavy (non-hydrogen) atoms. The molecule has 2 N–H and O–H groups in total. The van der Waals surface area contributed by atoms with Crippen molar-refractivity contribution in [2.45, 2.75) is 353 Å². The van der Waals surface area contributed by atoms with Crippen molar-refractivity contribution in [3.8, 4) is 0 Å². The Bertz CT molecular complexity index is 1350. The molecule has 3 atom stereocenters. The average Bonchev–Trinajstić information content (AvgIpc) is 3.39. The lowest BCUT2D eigenvalue weighted by Gasteiger charge is -2.29. The third kappa shape index (κ3) is 62.2. The minimum Gasteiger partial charge on any atom is -0.756 e. The first kappa shape index (κ1) is 75.7. The van der Waals surface area contributed by atoms with E-state index in [0.29, 0.717) is 17.4 Å². The van der Waals surface area contributed by atoms with Crippen LogP contribution >= 0.6 is 7.82 Å². The number of phosphoric acid groups is 1. The Balaban J connectivity index is 4.06. The van der Waals surface area contributed by atoms with E-state index in [1.807, 2.05) is 27.2 Å². The Labute approximate surface area is 480 Å². The molecule has 0 saturated carbocycles. The highest BCUT2D eigenvalue weighted by molar-refractivity contribution is 7.45.